The van der Waals surface area contributed by atoms with E-state index >= 15 is 0 Å². The SMILES string of the molecule is C/C=C\c1sc2c(C)cccc2c1C.C=C. The van der Waals surface area contributed by atoms with E-state index in [0.717, 1.165) is 0 Å². The number of fused-ring (bicyclic) bond motifs is 1. The van der Waals surface area contributed by atoms with Crippen molar-refractivity contribution in [1.29, 1.82) is 0 Å². The molecule has 0 atom stereocenters. The van der Waals surface area contributed by atoms with Crippen LogP contribution in [-0.4, -0.2) is 0 Å². The zero-order valence-corrected chi connectivity index (χ0v) is 11.0. The number of allylic oxidation sites excluding steroid dienone is 1. The van der Waals surface area contributed by atoms with Crippen molar-refractivity contribution in [2.75, 3.05) is 0 Å². The summed E-state index contributed by atoms with van der Waals surface area (Å²) in [5, 5.41) is 1.41. The molecule has 0 spiro atoms. The molecule has 2 rings (SSSR count). The fraction of sp³-hybridized carbons (Fsp3) is 0.200. The number of thiophene rings is 1. The van der Waals surface area contributed by atoms with Crippen molar-refractivity contribution in [3.8, 4) is 0 Å². The monoisotopic (exact) mass is 230 g/mol. The Morgan fingerprint density at radius 1 is 1.19 bits per heavy atom. The van der Waals surface area contributed by atoms with E-state index in [1.165, 1.54) is 26.1 Å². The van der Waals surface area contributed by atoms with E-state index in [1.54, 1.807) is 0 Å². The zero-order valence-electron chi connectivity index (χ0n) is 10.2. The molecule has 16 heavy (non-hydrogen) atoms. The Morgan fingerprint density at radius 3 is 2.44 bits per heavy atom. The summed E-state index contributed by atoms with van der Waals surface area (Å²) in [5.74, 6) is 0. The summed E-state index contributed by atoms with van der Waals surface area (Å²) >= 11 is 1.89. The minimum atomic E-state index is 1.38. The Kier molecular flexibility index (Phi) is 4.51. The summed E-state index contributed by atoms with van der Waals surface area (Å²) in [6, 6.07) is 6.52. The Labute approximate surface area is 102 Å². The highest BCUT2D eigenvalue weighted by atomic mass is 32.1. The van der Waals surface area contributed by atoms with Crippen LogP contribution < -0.4 is 0 Å². The normalized spacial score (nSPS) is 10.4. The van der Waals surface area contributed by atoms with Gasteiger partial charge in [-0.1, -0.05) is 24.3 Å². The number of rotatable bonds is 1. The van der Waals surface area contributed by atoms with Gasteiger partial charge in [0, 0.05) is 9.58 Å². The van der Waals surface area contributed by atoms with Gasteiger partial charge in [0.15, 0.2) is 0 Å². The Hall–Kier alpha value is -1.34. The van der Waals surface area contributed by atoms with Gasteiger partial charge in [0.1, 0.15) is 0 Å². The van der Waals surface area contributed by atoms with Gasteiger partial charge in [-0.3, -0.25) is 0 Å². The fourth-order valence-corrected chi connectivity index (χ4v) is 2.96. The molecule has 1 heterocycles. The van der Waals surface area contributed by atoms with Crippen molar-refractivity contribution >= 4 is 27.5 Å². The Morgan fingerprint density at radius 2 is 1.88 bits per heavy atom. The van der Waals surface area contributed by atoms with Crippen molar-refractivity contribution < 1.29 is 0 Å². The molecule has 0 fully saturated rings. The van der Waals surface area contributed by atoms with Crippen LogP contribution in [0.4, 0.5) is 0 Å². The molecule has 0 nitrogen and oxygen atoms in total. The van der Waals surface area contributed by atoms with Crippen LogP contribution >= 0.6 is 11.3 Å². The van der Waals surface area contributed by atoms with Crippen molar-refractivity contribution in [2.45, 2.75) is 20.8 Å². The predicted molar refractivity (Wildman–Crippen MR) is 77.3 cm³/mol. The van der Waals surface area contributed by atoms with Gasteiger partial charge in [-0.25, -0.2) is 0 Å². The lowest BCUT2D eigenvalue weighted by atomic mass is 10.1. The maximum atomic E-state index is 3.00. The van der Waals surface area contributed by atoms with Gasteiger partial charge < -0.3 is 0 Å². The second kappa shape index (κ2) is 5.66. The van der Waals surface area contributed by atoms with Crippen molar-refractivity contribution in [3.05, 3.63) is 53.4 Å². The highest BCUT2D eigenvalue weighted by molar-refractivity contribution is 7.20. The van der Waals surface area contributed by atoms with E-state index < -0.39 is 0 Å². The van der Waals surface area contributed by atoms with E-state index in [1.807, 2.05) is 11.3 Å². The molecule has 0 N–H and O–H groups in total. The smallest absolute Gasteiger partial charge is 0.0381 e. The van der Waals surface area contributed by atoms with Crippen LogP contribution in [0.5, 0.6) is 0 Å². The van der Waals surface area contributed by atoms with Gasteiger partial charge in [-0.05, 0) is 43.4 Å². The highest BCUT2D eigenvalue weighted by Crippen LogP contribution is 2.33. The summed E-state index contributed by atoms with van der Waals surface area (Å²) in [6.07, 6.45) is 4.30. The average molecular weight is 230 g/mol. The molecule has 0 aliphatic heterocycles. The largest absolute Gasteiger partial charge is 0.135 e. The minimum Gasteiger partial charge on any atom is -0.135 e. The molecule has 0 aliphatic rings. The van der Waals surface area contributed by atoms with Crippen LogP contribution in [0.3, 0.4) is 0 Å². The van der Waals surface area contributed by atoms with Crippen molar-refractivity contribution in [2.24, 2.45) is 0 Å². The van der Waals surface area contributed by atoms with E-state index in [4.69, 9.17) is 0 Å². The molecule has 1 aromatic heterocycles. The van der Waals surface area contributed by atoms with Crippen LogP contribution in [0.15, 0.2) is 37.4 Å². The summed E-state index contributed by atoms with van der Waals surface area (Å²) in [4.78, 5) is 1.39. The lowest BCUT2D eigenvalue weighted by Gasteiger charge is -1.94. The van der Waals surface area contributed by atoms with Gasteiger partial charge in [0.2, 0.25) is 0 Å². The molecule has 0 aliphatic carbocycles. The Balaban J connectivity index is 0.000000606. The first-order valence-corrected chi connectivity index (χ1v) is 6.17. The van der Waals surface area contributed by atoms with Crippen molar-refractivity contribution in [3.63, 3.8) is 0 Å². The zero-order chi connectivity index (χ0) is 12.1. The van der Waals surface area contributed by atoms with Crippen molar-refractivity contribution in [1.82, 2.24) is 0 Å². The third kappa shape index (κ3) is 2.25. The molecule has 0 saturated heterocycles. The third-order valence-electron chi connectivity index (χ3n) is 2.52. The first-order chi connectivity index (χ1) is 7.74. The molecule has 1 heteroatoms. The van der Waals surface area contributed by atoms with E-state index in [-0.39, 0.29) is 0 Å². The van der Waals surface area contributed by atoms with Gasteiger partial charge in [0.25, 0.3) is 0 Å². The highest BCUT2D eigenvalue weighted by Gasteiger charge is 2.06. The van der Waals surface area contributed by atoms with Gasteiger partial charge >= 0.3 is 0 Å². The quantitative estimate of drug-likeness (QED) is 0.579. The predicted octanol–water partition coefficient (Wildman–Crippen LogP) is 5.35. The average Bonchev–Trinajstić information content (AvgIpc) is 2.62. The van der Waals surface area contributed by atoms with Crippen LogP contribution in [0, 0.1) is 13.8 Å². The molecule has 0 unspecified atom stereocenters. The Bertz CT molecular complexity index is 503. The third-order valence-corrected chi connectivity index (χ3v) is 3.92. The number of benzene rings is 1. The maximum absolute atomic E-state index is 3.00. The molecular formula is C15H18S. The second-order valence-corrected chi connectivity index (χ2v) is 4.60. The van der Waals surface area contributed by atoms with Gasteiger partial charge in [0.05, 0.1) is 0 Å². The van der Waals surface area contributed by atoms with Gasteiger partial charge in [-0.15, -0.1) is 24.5 Å². The lowest BCUT2D eigenvalue weighted by Crippen LogP contribution is -1.72. The second-order valence-electron chi connectivity index (χ2n) is 3.54. The molecule has 0 saturated carbocycles. The van der Waals surface area contributed by atoms with Crippen LogP contribution in [0.1, 0.15) is 22.9 Å². The van der Waals surface area contributed by atoms with Crippen LogP contribution in [0.2, 0.25) is 0 Å². The number of hydrogen-bond acceptors (Lipinski definition) is 1. The topological polar surface area (TPSA) is 0 Å². The van der Waals surface area contributed by atoms with E-state index in [9.17, 15) is 0 Å². The lowest BCUT2D eigenvalue weighted by molar-refractivity contribution is 1.53. The summed E-state index contributed by atoms with van der Waals surface area (Å²) < 4.78 is 1.43. The molecule has 0 radical (unpaired) electrons. The first kappa shape index (κ1) is 12.7. The molecule has 1 aromatic carbocycles. The molecule has 2 aromatic rings. The fourth-order valence-electron chi connectivity index (χ4n) is 1.71. The summed E-state index contributed by atoms with van der Waals surface area (Å²) in [7, 11) is 0. The van der Waals surface area contributed by atoms with E-state index in [0.29, 0.717) is 0 Å². The summed E-state index contributed by atoms with van der Waals surface area (Å²) in [6.45, 7) is 12.4. The minimum absolute atomic E-state index is 1.38. The molecular weight excluding hydrogens is 212 g/mol. The van der Waals surface area contributed by atoms with E-state index in [2.05, 4.69) is 64.3 Å². The van der Waals surface area contributed by atoms with Gasteiger partial charge in [-0.2, -0.15) is 0 Å². The molecule has 0 bridgehead atoms. The number of hydrogen-bond donors (Lipinski definition) is 0. The van der Waals surface area contributed by atoms with Crippen LogP contribution in [-0.2, 0) is 0 Å². The molecule has 84 valence electrons. The van der Waals surface area contributed by atoms with Crippen LogP contribution in [0.25, 0.3) is 16.2 Å². The number of aryl methyl sites for hydroxylation is 2. The first-order valence-electron chi connectivity index (χ1n) is 5.35. The summed E-state index contributed by atoms with van der Waals surface area (Å²) in [5.41, 5.74) is 2.79. The standard InChI is InChI=1S/C13H14S.C2H4/c1-4-6-12-10(3)11-8-5-7-9(2)13(11)14-12;1-2/h4-8H,1-3H3;1-2H2/b6-4-;. The molecule has 0 amide bonds. The maximum Gasteiger partial charge on any atom is 0.0381 e.